The minimum Gasteiger partial charge on any atom is -0.499 e. The second kappa shape index (κ2) is 3.18. The molecule has 0 unspecified atom stereocenters. The van der Waals surface area contributed by atoms with Crippen LogP contribution < -0.4 is 0 Å². The topological polar surface area (TPSA) is 12.5 Å². The Hall–Kier alpha value is -0.630. The van der Waals surface area contributed by atoms with Gasteiger partial charge in [-0.1, -0.05) is 11.6 Å². The predicted molar refractivity (Wildman–Crippen MR) is 46.3 cm³/mol. The molecule has 1 aliphatic rings. The van der Waals surface area contributed by atoms with E-state index in [9.17, 15) is 0 Å². The summed E-state index contributed by atoms with van der Waals surface area (Å²) in [5.74, 6) is 0.903. The summed E-state index contributed by atoms with van der Waals surface area (Å²) in [5, 5.41) is 0.711. The number of methoxy groups -OCH3 is 1. The monoisotopic (exact) mass is 173 g/mol. The number of halogens is 1. The first-order valence-electron chi connectivity index (χ1n) is 3.50. The number of nitrogens with zero attached hydrogens (tertiary/aromatic N) is 1. The number of rotatable bonds is 1. The molecule has 0 radical (unpaired) electrons. The van der Waals surface area contributed by atoms with E-state index in [2.05, 4.69) is 6.92 Å². The minimum atomic E-state index is 0.280. The first-order valence-corrected chi connectivity index (χ1v) is 3.87. The number of ether oxygens (including phenoxy) is 1. The maximum Gasteiger partial charge on any atom is 0.119 e. The van der Waals surface area contributed by atoms with Crippen molar-refractivity contribution in [3.63, 3.8) is 0 Å². The van der Waals surface area contributed by atoms with Crippen molar-refractivity contribution in [3.8, 4) is 0 Å². The van der Waals surface area contributed by atoms with Crippen molar-refractivity contribution >= 4 is 11.6 Å². The largest absolute Gasteiger partial charge is 0.499 e. The van der Waals surface area contributed by atoms with Crippen LogP contribution in [0.1, 0.15) is 6.92 Å². The van der Waals surface area contributed by atoms with Crippen LogP contribution in [0.15, 0.2) is 23.1 Å². The normalized spacial score (nSPS) is 24.4. The summed E-state index contributed by atoms with van der Waals surface area (Å²) < 4.78 is 5.14. The molecule has 0 aliphatic carbocycles. The fourth-order valence-corrected chi connectivity index (χ4v) is 1.29. The molecular weight excluding hydrogens is 162 g/mol. The first-order chi connectivity index (χ1) is 5.15. The first kappa shape index (κ1) is 8.47. The molecule has 0 spiro atoms. The minimum absolute atomic E-state index is 0.280. The summed E-state index contributed by atoms with van der Waals surface area (Å²) in [5.41, 5.74) is 0. The van der Waals surface area contributed by atoms with Crippen molar-refractivity contribution in [2.24, 2.45) is 0 Å². The highest BCUT2D eigenvalue weighted by atomic mass is 35.5. The van der Waals surface area contributed by atoms with Gasteiger partial charge in [-0.3, -0.25) is 0 Å². The van der Waals surface area contributed by atoms with Crippen molar-refractivity contribution in [1.82, 2.24) is 4.90 Å². The van der Waals surface area contributed by atoms with Gasteiger partial charge in [-0.05, 0) is 13.0 Å². The SMILES string of the molecule is COC1=CC(Cl)=CN(C)[C@H]1C. The molecule has 1 atom stereocenters. The standard InChI is InChI=1S/C8H12ClNO/c1-6-8(11-3)4-7(9)5-10(6)2/h4-6H,1-3H3/t6-/m0/s1. The Morgan fingerprint density at radius 1 is 1.64 bits per heavy atom. The molecule has 3 heteroatoms. The quantitative estimate of drug-likeness (QED) is 0.601. The molecule has 0 aromatic heterocycles. The van der Waals surface area contributed by atoms with Gasteiger partial charge in [0, 0.05) is 13.2 Å². The maximum atomic E-state index is 5.81. The van der Waals surface area contributed by atoms with Crippen LogP contribution in [0.4, 0.5) is 0 Å². The Balaban J connectivity index is 2.84. The van der Waals surface area contributed by atoms with E-state index in [1.807, 2.05) is 24.2 Å². The van der Waals surface area contributed by atoms with E-state index in [-0.39, 0.29) is 6.04 Å². The number of allylic oxidation sites excluding steroid dienone is 2. The highest BCUT2D eigenvalue weighted by molar-refractivity contribution is 6.31. The zero-order valence-corrected chi connectivity index (χ0v) is 7.72. The van der Waals surface area contributed by atoms with Gasteiger partial charge in [0.15, 0.2) is 0 Å². The second-order valence-corrected chi connectivity index (χ2v) is 3.04. The Morgan fingerprint density at radius 3 is 2.82 bits per heavy atom. The molecule has 0 saturated heterocycles. The van der Waals surface area contributed by atoms with Crippen LogP contribution in [-0.4, -0.2) is 25.1 Å². The Kier molecular flexibility index (Phi) is 2.45. The van der Waals surface area contributed by atoms with E-state index in [0.29, 0.717) is 5.03 Å². The average molecular weight is 174 g/mol. The molecule has 0 saturated carbocycles. The van der Waals surface area contributed by atoms with Crippen molar-refractivity contribution < 1.29 is 4.74 Å². The van der Waals surface area contributed by atoms with Gasteiger partial charge in [0.05, 0.1) is 18.2 Å². The van der Waals surface area contributed by atoms with Crippen molar-refractivity contribution in [2.75, 3.05) is 14.2 Å². The molecule has 0 aromatic carbocycles. The molecule has 2 nitrogen and oxygen atoms in total. The molecule has 1 heterocycles. The molecule has 0 fully saturated rings. The van der Waals surface area contributed by atoms with Crippen LogP contribution in [-0.2, 0) is 4.74 Å². The summed E-state index contributed by atoms with van der Waals surface area (Å²) in [6, 6.07) is 0.280. The van der Waals surface area contributed by atoms with E-state index in [1.165, 1.54) is 0 Å². The van der Waals surface area contributed by atoms with Gasteiger partial charge >= 0.3 is 0 Å². The summed E-state index contributed by atoms with van der Waals surface area (Å²) in [6.45, 7) is 2.06. The van der Waals surface area contributed by atoms with E-state index >= 15 is 0 Å². The van der Waals surface area contributed by atoms with Crippen LogP contribution >= 0.6 is 11.6 Å². The molecule has 11 heavy (non-hydrogen) atoms. The van der Waals surface area contributed by atoms with Crippen molar-refractivity contribution in [3.05, 3.63) is 23.1 Å². The predicted octanol–water partition coefficient (Wildman–Crippen LogP) is 1.93. The number of hydrogen-bond acceptors (Lipinski definition) is 2. The van der Waals surface area contributed by atoms with Crippen molar-refractivity contribution in [1.29, 1.82) is 0 Å². The Morgan fingerprint density at radius 2 is 2.27 bits per heavy atom. The Labute approximate surface area is 72.1 Å². The molecule has 0 N–H and O–H groups in total. The third-order valence-corrected chi connectivity index (χ3v) is 2.07. The third-order valence-electron chi connectivity index (χ3n) is 1.87. The number of hydrogen-bond donors (Lipinski definition) is 0. The van der Waals surface area contributed by atoms with Crippen LogP contribution in [0.3, 0.4) is 0 Å². The van der Waals surface area contributed by atoms with Gasteiger partial charge < -0.3 is 9.64 Å². The fourth-order valence-electron chi connectivity index (χ4n) is 1.03. The molecule has 0 amide bonds. The maximum absolute atomic E-state index is 5.81. The highest BCUT2D eigenvalue weighted by Crippen LogP contribution is 2.21. The fraction of sp³-hybridized carbons (Fsp3) is 0.500. The summed E-state index contributed by atoms with van der Waals surface area (Å²) in [6.07, 6.45) is 3.72. The van der Waals surface area contributed by atoms with Crippen LogP contribution in [0.2, 0.25) is 0 Å². The smallest absolute Gasteiger partial charge is 0.119 e. The molecule has 62 valence electrons. The van der Waals surface area contributed by atoms with Gasteiger partial charge in [0.2, 0.25) is 0 Å². The van der Waals surface area contributed by atoms with Gasteiger partial charge in [-0.25, -0.2) is 0 Å². The van der Waals surface area contributed by atoms with Gasteiger partial charge in [-0.2, -0.15) is 0 Å². The summed E-state index contributed by atoms with van der Waals surface area (Å²) >= 11 is 5.81. The lowest BCUT2D eigenvalue weighted by Gasteiger charge is -2.28. The number of likely N-dealkylation sites (N-methyl/N-ethyl adjacent to an activating group) is 1. The van der Waals surface area contributed by atoms with E-state index in [4.69, 9.17) is 16.3 Å². The third kappa shape index (κ3) is 1.69. The lowest BCUT2D eigenvalue weighted by molar-refractivity contribution is 0.212. The van der Waals surface area contributed by atoms with Crippen molar-refractivity contribution in [2.45, 2.75) is 13.0 Å². The zero-order valence-electron chi connectivity index (χ0n) is 6.97. The average Bonchev–Trinajstić information content (AvgIpc) is 1.96. The second-order valence-electron chi connectivity index (χ2n) is 2.61. The van der Waals surface area contributed by atoms with Gasteiger partial charge in [0.1, 0.15) is 5.76 Å². The van der Waals surface area contributed by atoms with Crippen LogP contribution in [0.5, 0.6) is 0 Å². The molecule has 0 aromatic rings. The van der Waals surface area contributed by atoms with Gasteiger partial charge in [-0.15, -0.1) is 0 Å². The lowest BCUT2D eigenvalue weighted by Crippen LogP contribution is -2.29. The van der Waals surface area contributed by atoms with E-state index in [1.54, 1.807) is 7.11 Å². The molecule has 0 bridgehead atoms. The van der Waals surface area contributed by atoms with Crippen LogP contribution in [0.25, 0.3) is 0 Å². The Bertz CT molecular complexity index is 210. The van der Waals surface area contributed by atoms with E-state index < -0.39 is 0 Å². The zero-order chi connectivity index (χ0) is 8.43. The van der Waals surface area contributed by atoms with Crippen LogP contribution in [0, 0.1) is 0 Å². The highest BCUT2D eigenvalue weighted by Gasteiger charge is 2.16. The molecule has 1 rings (SSSR count). The summed E-state index contributed by atoms with van der Waals surface area (Å²) in [4.78, 5) is 2.02. The molecular formula is C8H12ClNO. The summed E-state index contributed by atoms with van der Waals surface area (Å²) in [7, 11) is 3.63. The van der Waals surface area contributed by atoms with Gasteiger partial charge in [0.25, 0.3) is 0 Å². The molecule has 1 aliphatic heterocycles. The lowest BCUT2D eigenvalue weighted by atomic mass is 10.2. The van der Waals surface area contributed by atoms with E-state index in [0.717, 1.165) is 5.76 Å².